The number of likely N-dealkylation sites (tertiary alicyclic amines) is 1. The van der Waals surface area contributed by atoms with E-state index in [2.05, 4.69) is 15.1 Å². The molecule has 0 spiro atoms. The largest absolute Gasteiger partial charge is 0.494 e. The average molecular weight is 398 g/mol. The Morgan fingerprint density at radius 3 is 2.86 bits per heavy atom. The van der Waals surface area contributed by atoms with Crippen molar-refractivity contribution in [3.63, 3.8) is 0 Å². The van der Waals surface area contributed by atoms with Crippen LogP contribution >= 0.6 is 11.3 Å². The normalized spacial score (nSPS) is 16.9. The molecule has 8 heteroatoms. The van der Waals surface area contributed by atoms with Crippen molar-refractivity contribution in [1.82, 2.24) is 20.0 Å². The van der Waals surface area contributed by atoms with Gasteiger partial charge >= 0.3 is 0 Å². The van der Waals surface area contributed by atoms with E-state index in [0.29, 0.717) is 30.6 Å². The van der Waals surface area contributed by atoms with Gasteiger partial charge in [-0.3, -0.25) is 4.79 Å². The summed E-state index contributed by atoms with van der Waals surface area (Å²) in [6, 6.07) is 7.77. The number of aromatic nitrogens is 3. The number of hydrogen-bond acceptors (Lipinski definition) is 7. The first kappa shape index (κ1) is 18.6. The minimum atomic E-state index is -0.0469. The molecule has 1 aliphatic heterocycles. The van der Waals surface area contributed by atoms with Crippen molar-refractivity contribution in [2.75, 3.05) is 19.7 Å². The standard InChI is InChI=1S/C20H22N4O3S/c1-3-26-16-8-6-14(7-9-16)19-22-17(12-28-19)20(25)24-10-4-5-15(11-24)18-21-13(2)23-27-18/h6-9,12,15H,3-5,10-11H2,1-2H3. The zero-order valence-electron chi connectivity index (χ0n) is 15.9. The maximum atomic E-state index is 12.9. The zero-order valence-corrected chi connectivity index (χ0v) is 16.7. The molecule has 1 unspecified atom stereocenters. The highest BCUT2D eigenvalue weighted by atomic mass is 32.1. The summed E-state index contributed by atoms with van der Waals surface area (Å²) in [7, 11) is 0. The number of thiazole rings is 1. The van der Waals surface area contributed by atoms with Gasteiger partial charge in [-0.25, -0.2) is 4.98 Å². The Labute approximate surface area is 167 Å². The molecular formula is C20H22N4O3S. The van der Waals surface area contributed by atoms with Gasteiger partial charge in [-0.1, -0.05) is 5.16 Å². The van der Waals surface area contributed by atoms with Gasteiger partial charge in [-0.05, 0) is 51.0 Å². The lowest BCUT2D eigenvalue weighted by Crippen LogP contribution is -2.39. The van der Waals surface area contributed by atoms with Crippen molar-refractivity contribution in [1.29, 1.82) is 0 Å². The molecule has 1 amide bonds. The number of piperidine rings is 1. The van der Waals surface area contributed by atoms with Gasteiger partial charge in [0.25, 0.3) is 5.91 Å². The summed E-state index contributed by atoms with van der Waals surface area (Å²) in [5, 5.41) is 6.52. The van der Waals surface area contributed by atoms with Crippen molar-refractivity contribution < 1.29 is 14.1 Å². The first-order valence-electron chi connectivity index (χ1n) is 9.42. The third kappa shape index (κ3) is 3.91. The first-order chi connectivity index (χ1) is 13.6. The summed E-state index contributed by atoms with van der Waals surface area (Å²) in [6.45, 7) is 5.69. The molecule has 146 valence electrons. The average Bonchev–Trinajstić information content (AvgIpc) is 3.38. The van der Waals surface area contributed by atoms with E-state index in [9.17, 15) is 4.79 Å². The second-order valence-electron chi connectivity index (χ2n) is 6.77. The smallest absolute Gasteiger partial charge is 0.273 e. The summed E-state index contributed by atoms with van der Waals surface area (Å²) in [5.74, 6) is 2.11. The van der Waals surface area contributed by atoms with Crippen molar-refractivity contribution >= 4 is 17.2 Å². The predicted molar refractivity (Wildman–Crippen MR) is 106 cm³/mol. The Morgan fingerprint density at radius 2 is 2.14 bits per heavy atom. The zero-order chi connectivity index (χ0) is 19.5. The van der Waals surface area contributed by atoms with E-state index in [4.69, 9.17) is 9.26 Å². The van der Waals surface area contributed by atoms with Gasteiger partial charge in [0.05, 0.1) is 12.5 Å². The minimum absolute atomic E-state index is 0.0469. The van der Waals surface area contributed by atoms with Crippen LogP contribution in [0.3, 0.4) is 0 Å². The van der Waals surface area contributed by atoms with Gasteiger partial charge < -0.3 is 14.2 Å². The molecule has 1 atom stereocenters. The van der Waals surface area contributed by atoms with Crippen molar-refractivity contribution in [2.24, 2.45) is 0 Å². The van der Waals surface area contributed by atoms with Crippen LogP contribution in [0.5, 0.6) is 5.75 Å². The van der Waals surface area contributed by atoms with Crippen LogP contribution in [0.2, 0.25) is 0 Å². The number of ether oxygens (including phenoxy) is 1. The van der Waals surface area contributed by atoms with Crippen molar-refractivity contribution in [3.05, 3.63) is 47.1 Å². The third-order valence-electron chi connectivity index (χ3n) is 4.74. The van der Waals surface area contributed by atoms with E-state index >= 15 is 0 Å². The highest BCUT2D eigenvalue weighted by Crippen LogP contribution is 2.29. The molecule has 2 aromatic heterocycles. The predicted octanol–water partition coefficient (Wildman–Crippen LogP) is 3.92. The number of benzene rings is 1. The van der Waals surface area contributed by atoms with Crippen molar-refractivity contribution in [3.8, 4) is 16.3 Å². The number of aryl methyl sites for hydroxylation is 1. The van der Waals surface area contributed by atoms with Gasteiger partial charge in [-0.2, -0.15) is 4.98 Å². The summed E-state index contributed by atoms with van der Waals surface area (Å²) in [4.78, 5) is 23.7. The van der Waals surface area contributed by atoms with Crippen LogP contribution in [0.25, 0.3) is 10.6 Å². The van der Waals surface area contributed by atoms with E-state index in [1.165, 1.54) is 11.3 Å². The second-order valence-corrected chi connectivity index (χ2v) is 7.62. The molecule has 0 aliphatic carbocycles. The SMILES string of the molecule is CCOc1ccc(-c2nc(C(=O)N3CCCC(c4nc(C)no4)C3)cs2)cc1. The summed E-state index contributed by atoms with van der Waals surface area (Å²) >= 11 is 1.47. The summed E-state index contributed by atoms with van der Waals surface area (Å²) in [6.07, 6.45) is 1.85. The highest BCUT2D eigenvalue weighted by Gasteiger charge is 2.29. The van der Waals surface area contributed by atoms with Gasteiger partial charge in [0.2, 0.25) is 5.89 Å². The molecule has 28 heavy (non-hydrogen) atoms. The van der Waals surface area contributed by atoms with E-state index in [-0.39, 0.29) is 11.8 Å². The number of hydrogen-bond donors (Lipinski definition) is 0. The van der Waals surface area contributed by atoms with Gasteiger partial charge in [0.1, 0.15) is 16.5 Å². The Balaban J connectivity index is 1.46. The lowest BCUT2D eigenvalue weighted by molar-refractivity contribution is 0.0690. The number of rotatable bonds is 5. The third-order valence-corrected chi connectivity index (χ3v) is 5.63. The number of carbonyl (C=O) groups is 1. The van der Waals surface area contributed by atoms with Gasteiger partial charge in [0.15, 0.2) is 5.82 Å². The molecule has 1 aromatic carbocycles. The lowest BCUT2D eigenvalue weighted by atomic mass is 9.98. The van der Waals surface area contributed by atoms with Crippen LogP contribution in [0, 0.1) is 6.92 Å². The van der Waals surface area contributed by atoms with Gasteiger partial charge in [-0.15, -0.1) is 11.3 Å². The van der Waals surface area contributed by atoms with E-state index in [1.807, 2.05) is 41.5 Å². The maximum absolute atomic E-state index is 12.9. The molecule has 0 N–H and O–H groups in total. The molecular weight excluding hydrogens is 376 g/mol. The Bertz CT molecular complexity index is 951. The monoisotopic (exact) mass is 398 g/mol. The molecule has 1 saturated heterocycles. The van der Waals surface area contributed by atoms with E-state index in [0.717, 1.165) is 35.7 Å². The van der Waals surface area contributed by atoms with Crippen LogP contribution in [0.15, 0.2) is 34.2 Å². The Hall–Kier alpha value is -2.74. The molecule has 7 nitrogen and oxygen atoms in total. The summed E-state index contributed by atoms with van der Waals surface area (Å²) in [5.41, 5.74) is 1.46. The fourth-order valence-corrected chi connectivity index (χ4v) is 4.17. The van der Waals surface area contributed by atoms with Crippen LogP contribution in [-0.2, 0) is 0 Å². The molecule has 0 radical (unpaired) electrons. The summed E-state index contributed by atoms with van der Waals surface area (Å²) < 4.78 is 10.8. The van der Waals surface area contributed by atoms with Crippen LogP contribution in [0.4, 0.5) is 0 Å². The first-order valence-corrected chi connectivity index (χ1v) is 10.3. The van der Waals surface area contributed by atoms with Crippen LogP contribution in [0.1, 0.15) is 47.9 Å². The molecule has 3 heterocycles. The number of carbonyl (C=O) groups excluding carboxylic acids is 1. The van der Waals surface area contributed by atoms with E-state index < -0.39 is 0 Å². The highest BCUT2D eigenvalue weighted by molar-refractivity contribution is 7.13. The maximum Gasteiger partial charge on any atom is 0.273 e. The number of nitrogens with zero attached hydrogens (tertiary/aromatic N) is 4. The van der Waals surface area contributed by atoms with Crippen LogP contribution in [-0.4, -0.2) is 45.6 Å². The molecule has 1 fully saturated rings. The van der Waals surface area contributed by atoms with Crippen molar-refractivity contribution in [2.45, 2.75) is 32.6 Å². The Kier molecular flexibility index (Phi) is 5.38. The molecule has 4 rings (SSSR count). The fraction of sp³-hybridized carbons (Fsp3) is 0.400. The molecule has 3 aromatic rings. The molecule has 1 aliphatic rings. The fourth-order valence-electron chi connectivity index (χ4n) is 3.37. The minimum Gasteiger partial charge on any atom is -0.494 e. The molecule has 0 saturated carbocycles. The second kappa shape index (κ2) is 8.10. The van der Waals surface area contributed by atoms with E-state index in [1.54, 1.807) is 6.92 Å². The lowest BCUT2D eigenvalue weighted by Gasteiger charge is -2.30. The van der Waals surface area contributed by atoms with Crippen LogP contribution < -0.4 is 4.74 Å². The van der Waals surface area contributed by atoms with Gasteiger partial charge in [0, 0.05) is 24.0 Å². The topological polar surface area (TPSA) is 81.4 Å². The molecule has 0 bridgehead atoms. The quantitative estimate of drug-likeness (QED) is 0.648. The Morgan fingerprint density at radius 1 is 1.32 bits per heavy atom. The number of amides is 1.